The summed E-state index contributed by atoms with van der Waals surface area (Å²) in [5, 5.41) is 3.40. The van der Waals surface area contributed by atoms with Gasteiger partial charge in [0.2, 0.25) is 5.95 Å². The fraction of sp³-hybridized carbons (Fsp3) is 0.500. The lowest BCUT2D eigenvalue weighted by Gasteiger charge is -2.20. The molecule has 144 valence electrons. The van der Waals surface area contributed by atoms with Gasteiger partial charge in [-0.2, -0.15) is 0 Å². The van der Waals surface area contributed by atoms with Gasteiger partial charge in [0, 0.05) is 24.5 Å². The van der Waals surface area contributed by atoms with E-state index in [2.05, 4.69) is 47.3 Å². The van der Waals surface area contributed by atoms with E-state index in [0.717, 1.165) is 50.2 Å². The highest BCUT2D eigenvalue weighted by Gasteiger charge is 2.20. The lowest BCUT2D eigenvalue weighted by Crippen LogP contribution is -2.32. The van der Waals surface area contributed by atoms with E-state index < -0.39 is 0 Å². The van der Waals surface area contributed by atoms with Crippen LogP contribution < -0.4 is 5.32 Å². The molecule has 1 N–H and O–H groups in total. The summed E-state index contributed by atoms with van der Waals surface area (Å²) in [6, 6.07) is 8.14. The van der Waals surface area contributed by atoms with Gasteiger partial charge in [0.25, 0.3) is 5.91 Å². The topological polar surface area (TPSA) is 58.1 Å². The second-order valence-electron chi connectivity index (χ2n) is 7.21. The quantitative estimate of drug-likeness (QED) is 0.835. The third kappa shape index (κ3) is 4.65. The normalized spacial score (nSPS) is 14.7. The number of aryl methyl sites for hydroxylation is 3. The Morgan fingerprint density at radius 3 is 2.26 bits per heavy atom. The van der Waals surface area contributed by atoms with Crippen molar-refractivity contribution in [1.29, 1.82) is 0 Å². The van der Waals surface area contributed by atoms with Gasteiger partial charge in [0.15, 0.2) is 0 Å². The van der Waals surface area contributed by atoms with E-state index in [-0.39, 0.29) is 5.91 Å². The fourth-order valence-electron chi connectivity index (χ4n) is 3.68. The number of para-hydroxylation sites is 1. The number of likely N-dealkylation sites (tertiary alicyclic amines) is 1. The van der Waals surface area contributed by atoms with Crippen molar-refractivity contribution in [2.75, 3.05) is 18.4 Å². The lowest BCUT2D eigenvalue weighted by molar-refractivity contribution is 0.0755. The minimum absolute atomic E-state index is 0.0185. The van der Waals surface area contributed by atoms with Crippen LogP contribution in [0.5, 0.6) is 0 Å². The van der Waals surface area contributed by atoms with Gasteiger partial charge >= 0.3 is 0 Å². The summed E-state index contributed by atoms with van der Waals surface area (Å²) in [6.07, 6.45) is 6.42. The first kappa shape index (κ1) is 19.3. The first-order chi connectivity index (χ1) is 13.1. The number of anilines is 2. The van der Waals surface area contributed by atoms with Gasteiger partial charge in [-0.3, -0.25) is 4.79 Å². The van der Waals surface area contributed by atoms with Gasteiger partial charge in [-0.15, -0.1) is 0 Å². The molecule has 0 aliphatic carbocycles. The Morgan fingerprint density at radius 1 is 1.04 bits per heavy atom. The van der Waals surface area contributed by atoms with Crippen LogP contribution in [0.1, 0.15) is 66.8 Å². The number of aromatic nitrogens is 2. The molecule has 2 heterocycles. The summed E-state index contributed by atoms with van der Waals surface area (Å²) < 4.78 is 0. The average molecular weight is 367 g/mol. The SMILES string of the molecule is CCc1cccc(CC)c1Nc1nc(C)cc(C(=O)N2CCCCCC2)n1. The van der Waals surface area contributed by atoms with E-state index in [1.54, 1.807) is 6.07 Å². The Balaban J connectivity index is 1.89. The van der Waals surface area contributed by atoms with Crippen molar-refractivity contribution in [2.45, 2.75) is 59.3 Å². The largest absolute Gasteiger partial charge is 0.337 e. The van der Waals surface area contributed by atoms with Crippen molar-refractivity contribution in [3.8, 4) is 0 Å². The maximum atomic E-state index is 13.0. The molecule has 1 fully saturated rings. The molecule has 0 radical (unpaired) electrons. The molecule has 1 aromatic carbocycles. The van der Waals surface area contributed by atoms with E-state index in [0.29, 0.717) is 11.6 Å². The van der Waals surface area contributed by atoms with Gasteiger partial charge in [-0.1, -0.05) is 44.9 Å². The minimum Gasteiger partial charge on any atom is -0.337 e. The average Bonchev–Trinajstić information content (AvgIpc) is 2.96. The van der Waals surface area contributed by atoms with E-state index in [1.165, 1.54) is 24.0 Å². The van der Waals surface area contributed by atoms with Gasteiger partial charge in [0.1, 0.15) is 5.69 Å². The Morgan fingerprint density at radius 2 is 1.67 bits per heavy atom. The number of carbonyl (C=O) groups excluding carboxylic acids is 1. The number of benzene rings is 1. The summed E-state index contributed by atoms with van der Waals surface area (Å²) in [6.45, 7) is 7.85. The highest BCUT2D eigenvalue weighted by molar-refractivity contribution is 5.92. The van der Waals surface area contributed by atoms with Gasteiger partial charge in [-0.25, -0.2) is 9.97 Å². The Hall–Kier alpha value is -2.43. The van der Waals surface area contributed by atoms with Crippen LogP contribution in [0.2, 0.25) is 0 Å². The fourth-order valence-corrected chi connectivity index (χ4v) is 3.68. The molecule has 3 rings (SSSR count). The molecule has 5 nitrogen and oxygen atoms in total. The van der Waals surface area contributed by atoms with Crippen molar-refractivity contribution in [2.24, 2.45) is 0 Å². The number of nitrogens with zero attached hydrogens (tertiary/aromatic N) is 3. The van der Waals surface area contributed by atoms with E-state index in [9.17, 15) is 4.79 Å². The lowest BCUT2D eigenvalue weighted by atomic mass is 10.0. The predicted molar refractivity (Wildman–Crippen MR) is 110 cm³/mol. The molecule has 0 bridgehead atoms. The molecular weight excluding hydrogens is 336 g/mol. The van der Waals surface area contributed by atoms with Gasteiger partial charge < -0.3 is 10.2 Å². The number of amides is 1. The van der Waals surface area contributed by atoms with E-state index >= 15 is 0 Å². The predicted octanol–water partition coefficient (Wildman–Crippen LogP) is 4.67. The molecule has 0 spiro atoms. The van der Waals surface area contributed by atoms with E-state index in [4.69, 9.17) is 0 Å². The maximum absolute atomic E-state index is 13.0. The first-order valence-electron chi connectivity index (χ1n) is 10.1. The minimum atomic E-state index is 0.0185. The molecule has 1 amide bonds. The van der Waals surface area contributed by atoms with Crippen LogP contribution in [-0.2, 0) is 12.8 Å². The maximum Gasteiger partial charge on any atom is 0.272 e. The van der Waals surface area contributed by atoms with Crippen LogP contribution in [0.4, 0.5) is 11.6 Å². The highest BCUT2D eigenvalue weighted by atomic mass is 16.2. The third-order valence-electron chi connectivity index (χ3n) is 5.20. The molecule has 1 aromatic heterocycles. The number of hydrogen-bond acceptors (Lipinski definition) is 4. The molecule has 27 heavy (non-hydrogen) atoms. The molecule has 2 aromatic rings. The van der Waals surface area contributed by atoms with Crippen molar-refractivity contribution in [3.63, 3.8) is 0 Å². The van der Waals surface area contributed by atoms with Crippen molar-refractivity contribution < 1.29 is 4.79 Å². The third-order valence-corrected chi connectivity index (χ3v) is 5.20. The molecule has 1 aliphatic rings. The molecule has 0 saturated carbocycles. The van der Waals surface area contributed by atoms with Crippen molar-refractivity contribution >= 4 is 17.5 Å². The second-order valence-corrected chi connectivity index (χ2v) is 7.21. The highest BCUT2D eigenvalue weighted by Crippen LogP contribution is 2.25. The zero-order valence-electron chi connectivity index (χ0n) is 16.7. The van der Waals surface area contributed by atoms with E-state index in [1.807, 2.05) is 11.8 Å². The molecule has 0 unspecified atom stereocenters. The standard InChI is InChI=1S/C22H30N4O/c1-4-17-11-10-12-18(5-2)20(17)25-22-23-16(3)15-19(24-22)21(27)26-13-8-6-7-9-14-26/h10-12,15H,4-9,13-14H2,1-3H3,(H,23,24,25). The van der Waals surface area contributed by atoms with Crippen LogP contribution in [0, 0.1) is 6.92 Å². The Kier molecular flexibility index (Phi) is 6.43. The first-order valence-corrected chi connectivity index (χ1v) is 10.1. The van der Waals surface area contributed by atoms with Gasteiger partial charge in [0.05, 0.1) is 0 Å². The monoisotopic (exact) mass is 366 g/mol. The molecular formula is C22H30N4O. The summed E-state index contributed by atoms with van der Waals surface area (Å²) in [5.74, 6) is 0.522. The van der Waals surface area contributed by atoms with Crippen LogP contribution >= 0.6 is 0 Å². The van der Waals surface area contributed by atoms with Crippen LogP contribution in [0.3, 0.4) is 0 Å². The zero-order chi connectivity index (χ0) is 19.2. The number of carbonyl (C=O) groups is 1. The van der Waals surface area contributed by atoms with Crippen LogP contribution in [0.15, 0.2) is 24.3 Å². The summed E-state index contributed by atoms with van der Waals surface area (Å²) in [4.78, 5) is 24.0. The summed E-state index contributed by atoms with van der Waals surface area (Å²) >= 11 is 0. The van der Waals surface area contributed by atoms with Crippen LogP contribution in [0.25, 0.3) is 0 Å². The zero-order valence-corrected chi connectivity index (χ0v) is 16.7. The summed E-state index contributed by atoms with van der Waals surface area (Å²) in [7, 11) is 0. The second kappa shape index (κ2) is 8.98. The molecule has 0 atom stereocenters. The number of hydrogen-bond donors (Lipinski definition) is 1. The van der Waals surface area contributed by atoms with Crippen LogP contribution in [-0.4, -0.2) is 33.9 Å². The Labute approximate surface area is 162 Å². The smallest absolute Gasteiger partial charge is 0.272 e. The molecule has 5 heteroatoms. The molecule has 1 aliphatic heterocycles. The van der Waals surface area contributed by atoms with Gasteiger partial charge in [-0.05, 0) is 49.8 Å². The summed E-state index contributed by atoms with van der Waals surface area (Å²) in [5.41, 5.74) is 4.83. The molecule has 1 saturated heterocycles. The van der Waals surface area contributed by atoms with Crippen molar-refractivity contribution in [1.82, 2.24) is 14.9 Å². The number of rotatable bonds is 5. The Bertz CT molecular complexity index is 773. The number of nitrogens with one attached hydrogen (secondary N) is 1. The van der Waals surface area contributed by atoms with Crippen molar-refractivity contribution in [3.05, 3.63) is 46.8 Å².